The number of aliphatic hydroxyl groups is 1. The lowest BCUT2D eigenvalue weighted by molar-refractivity contribution is -0.138. The fourth-order valence-corrected chi connectivity index (χ4v) is 2.73. The second-order valence-electron chi connectivity index (χ2n) is 5.44. The van der Waals surface area contributed by atoms with Crippen molar-refractivity contribution in [3.05, 3.63) is 0 Å². The zero-order chi connectivity index (χ0) is 14.4. The monoisotopic (exact) mass is 271 g/mol. The van der Waals surface area contributed by atoms with Gasteiger partial charge in [-0.1, -0.05) is 19.0 Å². The predicted molar refractivity (Wildman–Crippen MR) is 72.8 cm³/mol. The minimum Gasteiger partial charge on any atom is -0.409 e. The number of hydrogen-bond acceptors (Lipinski definition) is 4. The lowest BCUT2D eigenvalue weighted by Crippen LogP contribution is -2.50. The Bertz CT molecular complexity index is 329. The molecule has 0 aromatic rings. The molecule has 1 saturated heterocycles. The number of carbonyl (C=O) groups is 1. The normalized spacial score (nSPS) is 22.6. The summed E-state index contributed by atoms with van der Waals surface area (Å²) in [5.74, 6) is -0.749. The molecule has 2 atom stereocenters. The van der Waals surface area contributed by atoms with Crippen LogP contribution in [0.5, 0.6) is 0 Å². The Morgan fingerprint density at radius 1 is 1.47 bits per heavy atom. The Morgan fingerprint density at radius 3 is 2.68 bits per heavy atom. The van der Waals surface area contributed by atoms with Crippen LogP contribution in [-0.2, 0) is 4.79 Å². The number of piperidine rings is 1. The Hall–Kier alpha value is -1.30. The molecule has 0 aromatic heterocycles. The van der Waals surface area contributed by atoms with Crippen LogP contribution in [0.15, 0.2) is 5.16 Å². The molecule has 0 bridgehead atoms. The van der Waals surface area contributed by atoms with E-state index >= 15 is 0 Å². The molecule has 6 nitrogen and oxygen atoms in total. The summed E-state index contributed by atoms with van der Waals surface area (Å²) in [6.07, 6.45) is 3.54. The number of amides is 1. The van der Waals surface area contributed by atoms with Gasteiger partial charge in [-0.25, -0.2) is 0 Å². The van der Waals surface area contributed by atoms with E-state index in [1.165, 1.54) is 0 Å². The number of rotatable bonds is 5. The van der Waals surface area contributed by atoms with Gasteiger partial charge in [-0.3, -0.25) is 4.79 Å². The molecule has 0 spiro atoms. The van der Waals surface area contributed by atoms with E-state index in [-0.39, 0.29) is 30.3 Å². The summed E-state index contributed by atoms with van der Waals surface area (Å²) in [5.41, 5.74) is 5.65. The SMILES string of the molecule is CC(C)C(C(=O)N1CCCCC1CCO)C(N)=NO. The Balaban J connectivity index is 2.87. The van der Waals surface area contributed by atoms with Gasteiger partial charge in [-0.2, -0.15) is 0 Å². The average Bonchev–Trinajstić information content (AvgIpc) is 2.39. The van der Waals surface area contributed by atoms with Crippen molar-refractivity contribution in [2.24, 2.45) is 22.7 Å². The van der Waals surface area contributed by atoms with Gasteiger partial charge in [-0.15, -0.1) is 0 Å². The van der Waals surface area contributed by atoms with E-state index in [2.05, 4.69) is 5.16 Å². The third kappa shape index (κ3) is 3.83. The summed E-state index contributed by atoms with van der Waals surface area (Å²) in [7, 11) is 0. The average molecular weight is 271 g/mol. The molecule has 6 heteroatoms. The first-order chi connectivity index (χ1) is 9.02. The number of carbonyl (C=O) groups excluding carboxylic acids is 1. The topological polar surface area (TPSA) is 99.2 Å². The van der Waals surface area contributed by atoms with Gasteiger partial charge in [0.15, 0.2) is 5.84 Å². The highest BCUT2D eigenvalue weighted by Crippen LogP contribution is 2.24. The standard InChI is InChI=1S/C13H25N3O3/c1-9(2)11(12(14)15-19)13(18)16-7-4-3-5-10(16)6-8-17/h9-11,17,19H,3-8H2,1-2H3,(H2,14,15). The molecule has 0 saturated carbocycles. The van der Waals surface area contributed by atoms with Crippen LogP contribution < -0.4 is 5.73 Å². The number of aliphatic hydroxyl groups excluding tert-OH is 1. The summed E-state index contributed by atoms with van der Waals surface area (Å²) in [6.45, 7) is 4.52. The van der Waals surface area contributed by atoms with Crippen molar-refractivity contribution in [1.82, 2.24) is 4.90 Å². The first-order valence-electron chi connectivity index (χ1n) is 6.91. The van der Waals surface area contributed by atoms with E-state index in [1.807, 2.05) is 13.8 Å². The van der Waals surface area contributed by atoms with Crippen LogP contribution >= 0.6 is 0 Å². The molecule has 1 rings (SSSR count). The molecule has 1 aliphatic rings. The number of nitrogens with zero attached hydrogens (tertiary/aromatic N) is 2. The third-order valence-corrected chi connectivity index (χ3v) is 3.74. The maximum Gasteiger partial charge on any atom is 0.233 e. The van der Waals surface area contributed by atoms with Crippen LogP contribution in [0.1, 0.15) is 39.5 Å². The lowest BCUT2D eigenvalue weighted by Gasteiger charge is -2.38. The van der Waals surface area contributed by atoms with Gasteiger partial charge in [-0.05, 0) is 31.6 Å². The molecule has 4 N–H and O–H groups in total. The fraction of sp³-hybridized carbons (Fsp3) is 0.846. The molecule has 0 radical (unpaired) electrons. The number of likely N-dealkylation sites (tertiary alicyclic amines) is 1. The van der Waals surface area contributed by atoms with Gasteiger partial charge < -0.3 is 20.9 Å². The summed E-state index contributed by atoms with van der Waals surface area (Å²) in [6, 6.07) is 0.0685. The quantitative estimate of drug-likeness (QED) is 0.297. The largest absolute Gasteiger partial charge is 0.409 e. The molecule has 1 aliphatic heterocycles. The second-order valence-corrected chi connectivity index (χ2v) is 5.44. The van der Waals surface area contributed by atoms with Crippen LogP contribution in [0.2, 0.25) is 0 Å². The molecule has 1 heterocycles. The minimum atomic E-state index is -0.593. The molecule has 1 amide bonds. The first kappa shape index (κ1) is 15.8. The van der Waals surface area contributed by atoms with Crippen molar-refractivity contribution in [3.63, 3.8) is 0 Å². The fourth-order valence-electron chi connectivity index (χ4n) is 2.73. The zero-order valence-corrected chi connectivity index (χ0v) is 11.7. The lowest BCUT2D eigenvalue weighted by atomic mass is 9.90. The molecule has 2 unspecified atom stereocenters. The first-order valence-corrected chi connectivity index (χ1v) is 6.91. The van der Waals surface area contributed by atoms with Gasteiger partial charge in [0.25, 0.3) is 0 Å². The molecule has 1 fully saturated rings. The van der Waals surface area contributed by atoms with Gasteiger partial charge in [0, 0.05) is 19.2 Å². The van der Waals surface area contributed by atoms with Gasteiger partial charge >= 0.3 is 0 Å². The Morgan fingerprint density at radius 2 is 2.16 bits per heavy atom. The molecular formula is C13H25N3O3. The van der Waals surface area contributed by atoms with E-state index in [4.69, 9.17) is 16.0 Å². The van der Waals surface area contributed by atoms with Gasteiger partial charge in [0.2, 0.25) is 5.91 Å². The summed E-state index contributed by atoms with van der Waals surface area (Å²) in [4.78, 5) is 14.4. The Labute approximate surface area is 114 Å². The number of hydrogen-bond donors (Lipinski definition) is 3. The van der Waals surface area contributed by atoms with Crippen molar-refractivity contribution < 1.29 is 15.1 Å². The molecule has 0 aliphatic carbocycles. The van der Waals surface area contributed by atoms with E-state index in [0.29, 0.717) is 13.0 Å². The maximum absolute atomic E-state index is 12.6. The van der Waals surface area contributed by atoms with E-state index in [0.717, 1.165) is 19.3 Å². The highest BCUT2D eigenvalue weighted by atomic mass is 16.4. The second kappa shape index (κ2) is 7.33. The van der Waals surface area contributed by atoms with Crippen molar-refractivity contribution in [1.29, 1.82) is 0 Å². The van der Waals surface area contributed by atoms with E-state index in [9.17, 15) is 4.79 Å². The molecule has 19 heavy (non-hydrogen) atoms. The summed E-state index contributed by atoms with van der Waals surface area (Å²) >= 11 is 0. The smallest absolute Gasteiger partial charge is 0.233 e. The van der Waals surface area contributed by atoms with Crippen LogP contribution in [-0.4, -0.2) is 46.1 Å². The molecule has 0 aromatic carbocycles. The van der Waals surface area contributed by atoms with Crippen LogP contribution in [0.3, 0.4) is 0 Å². The van der Waals surface area contributed by atoms with Crippen molar-refractivity contribution in [3.8, 4) is 0 Å². The van der Waals surface area contributed by atoms with Gasteiger partial charge in [0.1, 0.15) is 5.92 Å². The third-order valence-electron chi connectivity index (χ3n) is 3.74. The molecule has 110 valence electrons. The molecular weight excluding hydrogens is 246 g/mol. The summed E-state index contributed by atoms with van der Waals surface area (Å²) in [5, 5.41) is 20.9. The number of oxime groups is 1. The van der Waals surface area contributed by atoms with Crippen LogP contribution in [0.25, 0.3) is 0 Å². The maximum atomic E-state index is 12.6. The van der Waals surface area contributed by atoms with Crippen LogP contribution in [0.4, 0.5) is 0 Å². The van der Waals surface area contributed by atoms with Gasteiger partial charge in [0.05, 0.1) is 0 Å². The van der Waals surface area contributed by atoms with E-state index < -0.39 is 5.92 Å². The highest BCUT2D eigenvalue weighted by molar-refractivity contribution is 6.02. The number of amidine groups is 1. The highest BCUT2D eigenvalue weighted by Gasteiger charge is 2.35. The van der Waals surface area contributed by atoms with Crippen molar-refractivity contribution in [2.75, 3.05) is 13.2 Å². The summed E-state index contributed by atoms with van der Waals surface area (Å²) < 4.78 is 0. The van der Waals surface area contributed by atoms with E-state index in [1.54, 1.807) is 4.90 Å². The van der Waals surface area contributed by atoms with Crippen molar-refractivity contribution in [2.45, 2.75) is 45.6 Å². The zero-order valence-electron chi connectivity index (χ0n) is 11.7. The predicted octanol–water partition coefficient (Wildman–Crippen LogP) is 0.769. The van der Waals surface area contributed by atoms with Crippen molar-refractivity contribution >= 4 is 11.7 Å². The number of nitrogens with two attached hydrogens (primary N) is 1. The minimum absolute atomic E-state index is 0.0277. The van der Waals surface area contributed by atoms with Crippen LogP contribution in [0, 0.1) is 11.8 Å². The Kier molecular flexibility index (Phi) is 6.08.